The van der Waals surface area contributed by atoms with E-state index in [-0.39, 0.29) is 16.9 Å². The Morgan fingerprint density at radius 1 is 1.28 bits per heavy atom. The van der Waals surface area contributed by atoms with Crippen molar-refractivity contribution < 1.29 is 5.11 Å². The van der Waals surface area contributed by atoms with E-state index in [0.717, 1.165) is 5.56 Å². The topological polar surface area (TPSA) is 66.0 Å². The molecule has 1 aromatic heterocycles. The van der Waals surface area contributed by atoms with Crippen molar-refractivity contribution in [2.75, 3.05) is 0 Å². The minimum Gasteiger partial charge on any atom is -0.508 e. The van der Waals surface area contributed by atoms with Gasteiger partial charge in [-0.15, -0.1) is 0 Å². The molecule has 0 aliphatic rings. The van der Waals surface area contributed by atoms with Crippen molar-refractivity contribution in [3.05, 3.63) is 52.4 Å². The van der Waals surface area contributed by atoms with Gasteiger partial charge in [0.15, 0.2) is 0 Å². The summed E-state index contributed by atoms with van der Waals surface area (Å²) >= 11 is 0. The molecule has 0 saturated carbocycles. The number of aromatic hydroxyl groups is 1. The van der Waals surface area contributed by atoms with E-state index >= 15 is 0 Å². The van der Waals surface area contributed by atoms with Crippen LogP contribution in [0.4, 0.5) is 0 Å². The van der Waals surface area contributed by atoms with E-state index < -0.39 is 0 Å². The lowest BCUT2D eigenvalue weighted by atomic mass is 10.0. The molecule has 0 bridgehead atoms. The highest BCUT2D eigenvalue weighted by Gasteiger charge is 2.10. The molecule has 1 N–H and O–H groups in total. The SMILES string of the molecule is CCn1ccc(-c2ccc(O)cc2)c(C#N)c1=O. The van der Waals surface area contributed by atoms with Gasteiger partial charge in [-0.25, -0.2) is 0 Å². The van der Waals surface area contributed by atoms with Crippen LogP contribution in [0.2, 0.25) is 0 Å². The Bertz CT molecular complexity index is 664. The smallest absolute Gasteiger partial charge is 0.269 e. The lowest BCUT2D eigenvalue weighted by Gasteiger charge is -2.07. The predicted molar refractivity (Wildman–Crippen MR) is 68.2 cm³/mol. The number of phenols is 1. The van der Waals surface area contributed by atoms with Crippen LogP contribution < -0.4 is 5.56 Å². The third kappa shape index (κ3) is 1.98. The average Bonchev–Trinajstić information content (AvgIpc) is 2.39. The molecular formula is C14H12N2O2. The maximum absolute atomic E-state index is 12.0. The van der Waals surface area contributed by atoms with Crippen LogP contribution in [0.5, 0.6) is 5.75 Å². The van der Waals surface area contributed by atoms with Crippen molar-refractivity contribution in [1.82, 2.24) is 4.57 Å². The van der Waals surface area contributed by atoms with E-state index in [1.807, 2.05) is 13.0 Å². The number of phenolic OH excluding ortho intramolecular Hbond substituents is 1. The Morgan fingerprint density at radius 2 is 1.94 bits per heavy atom. The molecule has 90 valence electrons. The van der Waals surface area contributed by atoms with Crippen LogP contribution in [-0.2, 0) is 6.54 Å². The Kier molecular flexibility index (Phi) is 3.16. The van der Waals surface area contributed by atoms with Gasteiger partial charge in [0.25, 0.3) is 5.56 Å². The Balaban J connectivity index is 2.66. The third-order valence-electron chi connectivity index (χ3n) is 2.80. The summed E-state index contributed by atoms with van der Waals surface area (Å²) in [5.41, 5.74) is 1.17. The zero-order valence-electron chi connectivity index (χ0n) is 9.92. The van der Waals surface area contributed by atoms with E-state index in [1.54, 1.807) is 24.4 Å². The fraction of sp³-hybridized carbons (Fsp3) is 0.143. The Morgan fingerprint density at radius 3 is 2.50 bits per heavy atom. The average molecular weight is 240 g/mol. The number of hydrogen-bond donors (Lipinski definition) is 1. The van der Waals surface area contributed by atoms with Gasteiger partial charge in [-0.2, -0.15) is 5.26 Å². The van der Waals surface area contributed by atoms with Crippen LogP contribution in [0.25, 0.3) is 11.1 Å². The molecule has 0 unspecified atom stereocenters. The Labute approximate surface area is 104 Å². The first-order chi connectivity index (χ1) is 8.67. The summed E-state index contributed by atoms with van der Waals surface area (Å²) < 4.78 is 1.49. The highest BCUT2D eigenvalue weighted by atomic mass is 16.3. The summed E-state index contributed by atoms with van der Waals surface area (Å²) in [5.74, 6) is 0.152. The van der Waals surface area contributed by atoms with Crippen molar-refractivity contribution in [3.8, 4) is 22.9 Å². The molecule has 2 rings (SSSR count). The third-order valence-corrected chi connectivity index (χ3v) is 2.80. The molecular weight excluding hydrogens is 228 g/mol. The van der Waals surface area contributed by atoms with Gasteiger partial charge < -0.3 is 9.67 Å². The van der Waals surface area contributed by atoms with Crippen LogP contribution >= 0.6 is 0 Å². The van der Waals surface area contributed by atoms with E-state index in [0.29, 0.717) is 12.1 Å². The molecule has 0 fully saturated rings. The number of nitrogens with zero attached hydrogens (tertiary/aromatic N) is 2. The van der Waals surface area contributed by atoms with Gasteiger partial charge in [-0.1, -0.05) is 12.1 Å². The molecule has 0 aliphatic carbocycles. The van der Waals surface area contributed by atoms with Crippen molar-refractivity contribution >= 4 is 0 Å². The molecule has 0 saturated heterocycles. The van der Waals surface area contributed by atoms with Gasteiger partial charge in [0.1, 0.15) is 17.4 Å². The fourth-order valence-corrected chi connectivity index (χ4v) is 1.81. The van der Waals surface area contributed by atoms with Gasteiger partial charge in [0, 0.05) is 18.3 Å². The zero-order chi connectivity index (χ0) is 13.1. The summed E-state index contributed by atoms with van der Waals surface area (Å²) in [4.78, 5) is 12.0. The second-order valence-electron chi connectivity index (χ2n) is 3.85. The molecule has 1 aromatic carbocycles. The van der Waals surface area contributed by atoms with Crippen molar-refractivity contribution in [2.24, 2.45) is 0 Å². The summed E-state index contributed by atoms with van der Waals surface area (Å²) in [7, 11) is 0. The molecule has 0 aliphatic heterocycles. The second-order valence-corrected chi connectivity index (χ2v) is 3.85. The van der Waals surface area contributed by atoms with Crippen LogP contribution in [0.3, 0.4) is 0 Å². The first-order valence-corrected chi connectivity index (χ1v) is 5.60. The molecule has 2 aromatic rings. The van der Waals surface area contributed by atoms with Crippen molar-refractivity contribution in [2.45, 2.75) is 13.5 Å². The molecule has 0 spiro atoms. The normalized spacial score (nSPS) is 10.0. The summed E-state index contributed by atoms with van der Waals surface area (Å²) in [6.07, 6.45) is 1.67. The van der Waals surface area contributed by atoms with Crippen molar-refractivity contribution in [1.29, 1.82) is 5.26 Å². The zero-order valence-corrected chi connectivity index (χ0v) is 9.92. The van der Waals surface area contributed by atoms with E-state index in [9.17, 15) is 9.90 Å². The molecule has 4 nitrogen and oxygen atoms in total. The number of nitriles is 1. The first-order valence-electron chi connectivity index (χ1n) is 5.60. The number of rotatable bonds is 2. The van der Waals surface area contributed by atoms with E-state index in [2.05, 4.69) is 0 Å². The summed E-state index contributed by atoms with van der Waals surface area (Å²) in [6, 6.07) is 10.1. The van der Waals surface area contributed by atoms with Crippen LogP contribution in [-0.4, -0.2) is 9.67 Å². The predicted octanol–water partition coefficient (Wildman–Crippen LogP) is 2.11. The highest BCUT2D eigenvalue weighted by Crippen LogP contribution is 2.23. The minimum atomic E-state index is -0.287. The maximum Gasteiger partial charge on any atom is 0.269 e. The monoisotopic (exact) mass is 240 g/mol. The number of pyridine rings is 1. The standard InChI is InChI=1S/C14H12N2O2/c1-2-16-8-7-12(13(9-15)14(16)18)10-3-5-11(17)6-4-10/h3-8,17H,2H2,1H3. The molecule has 18 heavy (non-hydrogen) atoms. The Hall–Kier alpha value is -2.54. The quantitative estimate of drug-likeness (QED) is 0.874. The maximum atomic E-state index is 12.0. The first kappa shape index (κ1) is 11.9. The van der Waals surface area contributed by atoms with Gasteiger partial charge in [-0.3, -0.25) is 4.79 Å². The van der Waals surface area contributed by atoms with Gasteiger partial charge in [-0.05, 0) is 30.7 Å². The molecule has 1 heterocycles. The molecule has 4 heteroatoms. The minimum absolute atomic E-state index is 0.130. The van der Waals surface area contributed by atoms with Crippen LogP contribution in [0.1, 0.15) is 12.5 Å². The number of aromatic nitrogens is 1. The van der Waals surface area contributed by atoms with E-state index in [1.165, 1.54) is 16.7 Å². The molecule has 0 radical (unpaired) electrons. The van der Waals surface area contributed by atoms with E-state index in [4.69, 9.17) is 5.26 Å². The van der Waals surface area contributed by atoms with Gasteiger partial charge in [0.2, 0.25) is 0 Å². The van der Waals surface area contributed by atoms with Crippen LogP contribution in [0.15, 0.2) is 41.3 Å². The summed E-state index contributed by atoms with van der Waals surface area (Å²) in [6.45, 7) is 2.38. The molecule has 0 atom stereocenters. The van der Waals surface area contributed by atoms with Gasteiger partial charge in [0.05, 0.1) is 0 Å². The largest absolute Gasteiger partial charge is 0.508 e. The lowest BCUT2D eigenvalue weighted by Crippen LogP contribution is -2.21. The van der Waals surface area contributed by atoms with Gasteiger partial charge >= 0.3 is 0 Å². The number of hydrogen-bond acceptors (Lipinski definition) is 3. The van der Waals surface area contributed by atoms with Crippen molar-refractivity contribution in [3.63, 3.8) is 0 Å². The number of benzene rings is 1. The number of aryl methyl sites for hydroxylation is 1. The molecule has 0 amide bonds. The summed E-state index contributed by atoms with van der Waals surface area (Å²) in [5, 5.41) is 18.4. The highest BCUT2D eigenvalue weighted by molar-refractivity contribution is 5.70. The lowest BCUT2D eigenvalue weighted by molar-refractivity contribution is 0.475. The second kappa shape index (κ2) is 4.76. The fourth-order valence-electron chi connectivity index (χ4n) is 1.81. The van der Waals surface area contributed by atoms with Crippen LogP contribution in [0, 0.1) is 11.3 Å².